The van der Waals surface area contributed by atoms with Crippen molar-refractivity contribution < 1.29 is 28.7 Å². The van der Waals surface area contributed by atoms with Crippen LogP contribution in [0.4, 0.5) is 5.69 Å². The van der Waals surface area contributed by atoms with Crippen LogP contribution < -0.4 is 19.6 Å². The largest absolute Gasteiger partial charge is 0.497 e. The van der Waals surface area contributed by atoms with E-state index >= 15 is 0 Å². The highest BCUT2D eigenvalue weighted by Crippen LogP contribution is 2.27. The number of ether oxygens (including phenoxy) is 3. The molecule has 0 radical (unpaired) electrons. The molecule has 0 heterocycles. The summed E-state index contributed by atoms with van der Waals surface area (Å²) in [6.45, 7) is 1.43. The van der Waals surface area contributed by atoms with E-state index in [0.717, 1.165) is 0 Å². The molecule has 3 aromatic rings. The number of methoxy groups -OCH3 is 1. The third-order valence-corrected chi connectivity index (χ3v) is 5.11. The third-order valence-electron chi connectivity index (χ3n) is 4.61. The van der Waals surface area contributed by atoms with Crippen molar-refractivity contribution in [3.63, 3.8) is 0 Å². The van der Waals surface area contributed by atoms with E-state index in [0.29, 0.717) is 21.3 Å². The summed E-state index contributed by atoms with van der Waals surface area (Å²) in [5, 5.41) is 15.0. The smallest absolute Gasteiger partial charge is 0.343 e. The van der Waals surface area contributed by atoms with Gasteiger partial charge in [-0.05, 0) is 55.5 Å². The van der Waals surface area contributed by atoms with Gasteiger partial charge in [0.1, 0.15) is 11.5 Å². The van der Waals surface area contributed by atoms with Crippen molar-refractivity contribution in [3.8, 4) is 17.2 Å². The Bertz CT molecular complexity index is 1260. The molecule has 1 N–H and O–H groups in total. The van der Waals surface area contributed by atoms with Crippen LogP contribution in [0.15, 0.2) is 76.3 Å². The topological polar surface area (TPSA) is 129 Å². The van der Waals surface area contributed by atoms with E-state index in [1.54, 1.807) is 48.5 Å². The fourth-order valence-electron chi connectivity index (χ4n) is 2.81. The van der Waals surface area contributed by atoms with Crippen LogP contribution in [0, 0.1) is 10.1 Å². The number of esters is 1. The van der Waals surface area contributed by atoms with Gasteiger partial charge in [-0.1, -0.05) is 28.1 Å². The summed E-state index contributed by atoms with van der Waals surface area (Å²) in [6, 6.07) is 17.1. The Labute approximate surface area is 208 Å². The standard InChI is InChI=1S/C24H20BrN3O7/c1-15(34-22-6-4-3-5-20(22)28(31)32)23(29)27-26-14-17-13-18(25)9-12-21(17)35-24(30)16-7-10-19(33-2)11-8-16/h3-15H,1-2H3,(H,27,29)/b26-14-/t15-/m0/s1. The van der Waals surface area contributed by atoms with Gasteiger partial charge in [0.05, 0.1) is 23.8 Å². The zero-order chi connectivity index (χ0) is 25.4. The van der Waals surface area contributed by atoms with Gasteiger partial charge in [0.2, 0.25) is 0 Å². The molecular formula is C24H20BrN3O7. The van der Waals surface area contributed by atoms with Crippen molar-refractivity contribution in [3.05, 3.63) is 92.4 Å². The van der Waals surface area contributed by atoms with Crippen molar-refractivity contribution >= 4 is 39.7 Å². The Morgan fingerprint density at radius 1 is 1.09 bits per heavy atom. The summed E-state index contributed by atoms with van der Waals surface area (Å²) in [4.78, 5) is 35.4. The van der Waals surface area contributed by atoms with Gasteiger partial charge in [0.25, 0.3) is 5.91 Å². The van der Waals surface area contributed by atoms with E-state index in [1.807, 2.05) is 0 Å². The molecule has 0 aromatic heterocycles. The molecule has 0 aliphatic rings. The predicted octanol–water partition coefficient (Wildman–Crippen LogP) is 4.50. The van der Waals surface area contributed by atoms with Crippen LogP contribution in [0.3, 0.4) is 0 Å². The van der Waals surface area contributed by atoms with Gasteiger partial charge in [0.15, 0.2) is 11.9 Å². The van der Waals surface area contributed by atoms with Gasteiger partial charge < -0.3 is 14.2 Å². The van der Waals surface area contributed by atoms with Crippen molar-refractivity contribution in [1.29, 1.82) is 0 Å². The monoisotopic (exact) mass is 541 g/mol. The van der Waals surface area contributed by atoms with Gasteiger partial charge >= 0.3 is 11.7 Å². The molecule has 0 spiro atoms. The molecule has 35 heavy (non-hydrogen) atoms. The van der Waals surface area contributed by atoms with Crippen molar-refractivity contribution in [2.45, 2.75) is 13.0 Å². The number of para-hydroxylation sites is 2. The second kappa shape index (κ2) is 11.7. The molecule has 0 unspecified atom stereocenters. The highest BCUT2D eigenvalue weighted by atomic mass is 79.9. The van der Waals surface area contributed by atoms with E-state index in [-0.39, 0.29) is 17.2 Å². The Morgan fingerprint density at radius 2 is 1.80 bits per heavy atom. The molecule has 11 heteroatoms. The predicted molar refractivity (Wildman–Crippen MR) is 131 cm³/mol. The molecule has 0 aliphatic heterocycles. The van der Waals surface area contributed by atoms with Gasteiger partial charge in [-0.15, -0.1) is 0 Å². The molecule has 0 fully saturated rings. The lowest BCUT2D eigenvalue weighted by Crippen LogP contribution is -2.33. The molecule has 0 saturated carbocycles. The minimum atomic E-state index is -1.07. The number of nitrogens with zero attached hydrogens (tertiary/aromatic N) is 2. The van der Waals surface area contributed by atoms with E-state index < -0.39 is 22.9 Å². The molecule has 180 valence electrons. The minimum Gasteiger partial charge on any atom is -0.497 e. The number of hydrogen-bond acceptors (Lipinski definition) is 8. The fourth-order valence-corrected chi connectivity index (χ4v) is 3.19. The zero-order valence-electron chi connectivity index (χ0n) is 18.6. The SMILES string of the molecule is COc1ccc(C(=O)Oc2ccc(Br)cc2/C=N\NC(=O)[C@H](C)Oc2ccccc2[N+](=O)[O-])cc1. The maximum atomic E-state index is 12.5. The van der Waals surface area contributed by atoms with E-state index in [1.165, 1.54) is 38.4 Å². The van der Waals surface area contributed by atoms with Gasteiger partial charge in [-0.3, -0.25) is 14.9 Å². The molecule has 0 saturated heterocycles. The zero-order valence-corrected chi connectivity index (χ0v) is 20.2. The molecule has 3 rings (SSSR count). The van der Waals surface area contributed by atoms with Crippen LogP contribution in [-0.4, -0.2) is 36.2 Å². The number of nitro groups is 1. The summed E-state index contributed by atoms with van der Waals surface area (Å²) in [6.07, 6.45) is 0.236. The summed E-state index contributed by atoms with van der Waals surface area (Å²) in [7, 11) is 1.53. The average Bonchev–Trinajstić information content (AvgIpc) is 2.85. The molecule has 1 atom stereocenters. The Kier molecular flexibility index (Phi) is 8.52. The summed E-state index contributed by atoms with van der Waals surface area (Å²) >= 11 is 3.34. The van der Waals surface area contributed by atoms with Gasteiger partial charge in [-0.2, -0.15) is 5.10 Å². The minimum absolute atomic E-state index is 0.0381. The quantitative estimate of drug-likeness (QED) is 0.139. The number of halogens is 1. The number of amides is 1. The summed E-state index contributed by atoms with van der Waals surface area (Å²) in [5.41, 5.74) is 2.79. The second-order valence-electron chi connectivity index (χ2n) is 7.02. The third kappa shape index (κ3) is 6.87. The van der Waals surface area contributed by atoms with E-state index in [4.69, 9.17) is 14.2 Å². The Balaban J connectivity index is 1.67. The van der Waals surface area contributed by atoms with Crippen molar-refractivity contribution in [1.82, 2.24) is 5.43 Å². The van der Waals surface area contributed by atoms with Crippen molar-refractivity contribution in [2.75, 3.05) is 7.11 Å². The first kappa shape index (κ1) is 25.4. The van der Waals surface area contributed by atoms with Gasteiger partial charge in [0, 0.05) is 16.1 Å². The number of nitro benzene ring substituents is 1. The van der Waals surface area contributed by atoms with Crippen LogP contribution in [0.5, 0.6) is 17.2 Å². The fraction of sp³-hybridized carbons (Fsp3) is 0.125. The maximum absolute atomic E-state index is 12.5. The first-order chi connectivity index (χ1) is 16.8. The molecule has 0 bridgehead atoms. The second-order valence-corrected chi connectivity index (χ2v) is 7.94. The number of carbonyl (C=O) groups is 2. The molecule has 3 aromatic carbocycles. The lowest BCUT2D eigenvalue weighted by atomic mass is 10.2. The molecule has 1 amide bonds. The van der Waals surface area contributed by atoms with Crippen LogP contribution >= 0.6 is 15.9 Å². The van der Waals surface area contributed by atoms with Crippen LogP contribution in [0.1, 0.15) is 22.8 Å². The van der Waals surface area contributed by atoms with E-state index in [9.17, 15) is 19.7 Å². The lowest BCUT2D eigenvalue weighted by Gasteiger charge is -2.13. The summed E-state index contributed by atoms with van der Waals surface area (Å²) in [5.74, 6) is -0.430. The molecular weight excluding hydrogens is 522 g/mol. The molecule has 0 aliphatic carbocycles. The number of rotatable bonds is 9. The number of benzene rings is 3. The number of hydrogen-bond donors (Lipinski definition) is 1. The Morgan fingerprint density at radius 3 is 2.49 bits per heavy atom. The van der Waals surface area contributed by atoms with Crippen molar-refractivity contribution in [2.24, 2.45) is 5.10 Å². The Hall–Kier alpha value is -4.25. The summed E-state index contributed by atoms with van der Waals surface area (Å²) < 4.78 is 16.7. The highest BCUT2D eigenvalue weighted by Gasteiger charge is 2.20. The first-order valence-corrected chi connectivity index (χ1v) is 11.0. The number of hydrazone groups is 1. The average molecular weight is 542 g/mol. The lowest BCUT2D eigenvalue weighted by molar-refractivity contribution is -0.386. The molecule has 10 nitrogen and oxygen atoms in total. The van der Waals surface area contributed by atoms with Crippen LogP contribution in [0.2, 0.25) is 0 Å². The van der Waals surface area contributed by atoms with Crippen LogP contribution in [-0.2, 0) is 4.79 Å². The maximum Gasteiger partial charge on any atom is 0.343 e. The number of nitrogens with one attached hydrogen (secondary N) is 1. The van der Waals surface area contributed by atoms with Gasteiger partial charge in [-0.25, -0.2) is 10.2 Å². The number of carbonyl (C=O) groups excluding carboxylic acids is 2. The highest BCUT2D eigenvalue weighted by molar-refractivity contribution is 9.10. The first-order valence-electron chi connectivity index (χ1n) is 10.2. The normalized spacial score (nSPS) is 11.5. The van der Waals surface area contributed by atoms with E-state index in [2.05, 4.69) is 26.5 Å². The van der Waals surface area contributed by atoms with Crippen LogP contribution in [0.25, 0.3) is 0 Å².